The number of hydrogen-bond acceptors (Lipinski definition) is 6. The lowest BCUT2D eigenvalue weighted by Gasteiger charge is -2.72. The van der Waals surface area contributed by atoms with Crippen molar-refractivity contribution in [2.24, 2.45) is 67.2 Å². The number of nitrogens with two attached hydrogens (primary N) is 1. The minimum absolute atomic E-state index is 0.112. The zero-order valence-corrected chi connectivity index (χ0v) is 33.1. The second-order valence-corrected chi connectivity index (χ2v) is 21.0. The van der Waals surface area contributed by atoms with Crippen LogP contribution in [0.5, 0.6) is 0 Å². The lowest BCUT2D eigenvalue weighted by atomic mass is 9.32. The van der Waals surface area contributed by atoms with Gasteiger partial charge in [0.1, 0.15) is 6.10 Å². The van der Waals surface area contributed by atoms with Crippen LogP contribution in [0, 0.1) is 73.9 Å². The topological polar surface area (TPSA) is 130 Å². The third-order valence-electron chi connectivity index (χ3n) is 16.1. The molecule has 5 aliphatic rings. The minimum atomic E-state index is -3.39. The van der Waals surface area contributed by atoms with Crippen molar-refractivity contribution in [3.63, 3.8) is 0 Å². The third kappa shape index (κ3) is 6.01. The molecule has 10 atom stereocenters. The summed E-state index contributed by atoms with van der Waals surface area (Å²) in [6, 6.07) is 7.19. The molecule has 7 nitrogen and oxygen atoms in total. The maximum Gasteiger partial charge on any atom is 0.309 e. The first-order chi connectivity index (χ1) is 23.5. The normalized spacial score (nSPS) is 40.3. The molecule has 1 aromatic rings. The Balaban J connectivity index is 1.30. The van der Waals surface area contributed by atoms with Gasteiger partial charge in [-0.3, -0.25) is 18.7 Å². The van der Waals surface area contributed by atoms with Gasteiger partial charge in [0.2, 0.25) is 0 Å². The van der Waals surface area contributed by atoms with Crippen molar-refractivity contribution in [1.29, 1.82) is 0 Å². The van der Waals surface area contributed by atoms with Gasteiger partial charge in [0.05, 0.1) is 16.7 Å². The molecule has 0 radical (unpaired) electrons. The van der Waals surface area contributed by atoms with Gasteiger partial charge in [0, 0.05) is 16.4 Å². The first-order valence-corrected chi connectivity index (χ1v) is 20.9. The molecule has 0 aromatic heterocycles. The smallest absolute Gasteiger partial charge is 0.309 e. The van der Waals surface area contributed by atoms with E-state index in [9.17, 15) is 23.8 Å². The van der Waals surface area contributed by atoms with Gasteiger partial charge in [0.15, 0.2) is 0 Å². The van der Waals surface area contributed by atoms with Crippen molar-refractivity contribution in [2.45, 2.75) is 137 Å². The number of aliphatic carboxylic acids is 1. The summed E-state index contributed by atoms with van der Waals surface area (Å²) in [7, 11) is -3.39. The van der Waals surface area contributed by atoms with E-state index in [4.69, 9.17) is 9.88 Å². The molecular formula is C43H63NO6S. The van der Waals surface area contributed by atoms with E-state index in [-0.39, 0.29) is 39.6 Å². The van der Waals surface area contributed by atoms with Crippen LogP contribution in [0.4, 0.5) is 0 Å². The Kier molecular flexibility index (Phi) is 9.52. The van der Waals surface area contributed by atoms with Crippen LogP contribution in [0.25, 0.3) is 0 Å². The van der Waals surface area contributed by atoms with Crippen LogP contribution in [0.2, 0.25) is 0 Å². The van der Waals surface area contributed by atoms with Crippen molar-refractivity contribution in [3.05, 3.63) is 42.0 Å². The molecule has 8 heteroatoms. The van der Waals surface area contributed by atoms with Crippen molar-refractivity contribution in [2.75, 3.05) is 0 Å². The highest BCUT2D eigenvalue weighted by molar-refractivity contribution is 8.22. The van der Waals surface area contributed by atoms with Crippen LogP contribution in [0.15, 0.2) is 41.3 Å². The molecule has 4 unspecified atom stereocenters. The van der Waals surface area contributed by atoms with E-state index in [2.05, 4.69) is 60.0 Å². The van der Waals surface area contributed by atoms with Crippen molar-refractivity contribution >= 4 is 22.7 Å². The molecule has 0 spiro atoms. The van der Waals surface area contributed by atoms with E-state index in [1.54, 1.807) is 26.0 Å². The van der Waals surface area contributed by atoms with E-state index < -0.39 is 28.1 Å². The maximum atomic E-state index is 13.1. The summed E-state index contributed by atoms with van der Waals surface area (Å²) in [6.45, 7) is 22.2. The van der Waals surface area contributed by atoms with E-state index in [1.165, 1.54) is 18.4 Å². The number of carboxylic acids is 1. The molecule has 0 saturated heterocycles. The average Bonchev–Trinajstić information content (AvgIpc) is 3.41. The van der Waals surface area contributed by atoms with Gasteiger partial charge < -0.3 is 9.84 Å². The lowest BCUT2D eigenvalue weighted by molar-refractivity contribution is -0.247. The van der Waals surface area contributed by atoms with Crippen LogP contribution >= 0.6 is 10.8 Å². The van der Waals surface area contributed by atoms with E-state index in [0.717, 1.165) is 51.4 Å². The van der Waals surface area contributed by atoms with Crippen molar-refractivity contribution in [1.82, 2.24) is 0 Å². The molecule has 0 bridgehead atoms. The zero-order chi connectivity index (χ0) is 37.6. The summed E-state index contributed by atoms with van der Waals surface area (Å²) in [5.41, 5.74) is 0.742. The number of ether oxygens (including phenoxy) is 1. The second kappa shape index (κ2) is 12.6. The molecule has 5 fully saturated rings. The molecule has 6 rings (SSSR count). The fourth-order valence-electron chi connectivity index (χ4n) is 13.2. The third-order valence-corrected chi connectivity index (χ3v) is 17.1. The number of allylic oxidation sites excluding steroid dienone is 1. The number of rotatable bonds is 6. The van der Waals surface area contributed by atoms with Gasteiger partial charge in [-0.05, 0) is 143 Å². The predicted octanol–water partition coefficient (Wildman–Crippen LogP) is 10.1. The van der Waals surface area contributed by atoms with E-state index in [0.29, 0.717) is 40.0 Å². The molecule has 282 valence electrons. The Morgan fingerprint density at radius 2 is 1.63 bits per heavy atom. The highest BCUT2D eigenvalue weighted by atomic mass is 32.3. The van der Waals surface area contributed by atoms with Gasteiger partial charge in [-0.15, -0.1) is 10.8 Å². The van der Waals surface area contributed by atoms with Gasteiger partial charge in [-0.1, -0.05) is 70.7 Å². The predicted molar refractivity (Wildman–Crippen MR) is 204 cm³/mol. The number of esters is 1. The molecule has 5 saturated carbocycles. The van der Waals surface area contributed by atoms with Gasteiger partial charge in [-0.25, -0.2) is 5.14 Å². The number of fused-ring (bicyclic) bond motifs is 7. The quantitative estimate of drug-likeness (QED) is 0.131. The second-order valence-electron chi connectivity index (χ2n) is 19.4. The monoisotopic (exact) mass is 721 g/mol. The number of benzene rings is 1. The van der Waals surface area contributed by atoms with Crippen LogP contribution in [0.3, 0.4) is 0 Å². The van der Waals surface area contributed by atoms with E-state index in [1.807, 2.05) is 12.1 Å². The first kappa shape index (κ1) is 38.4. The van der Waals surface area contributed by atoms with Gasteiger partial charge >= 0.3 is 11.9 Å². The van der Waals surface area contributed by atoms with E-state index >= 15 is 0 Å². The molecule has 1 aromatic carbocycles. The number of hydrogen-bond donors (Lipinski definition) is 4. The fraction of sp³-hybridized carbons (Fsp3) is 0.721. The summed E-state index contributed by atoms with van der Waals surface area (Å²) in [5.74, 6) is 8.16. The summed E-state index contributed by atoms with van der Waals surface area (Å²) in [5, 5.41) is 15.4. The van der Waals surface area contributed by atoms with Gasteiger partial charge in [-0.2, -0.15) is 0 Å². The van der Waals surface area contributed by atoms with Crippen molar-refractivity contribution in [3.8, 4) is 11.8 Å². The van der Waals surface area contributed by atoms with Crippen molar-refractivity contribution < 1.29 is 28.5 Å². The molecule has 51 heavy (non-hydrogen) atoms. The Morgan fingerprint density at radius 1 is 0.941 bits per heavy atom. The Hall–Kier alpha value is -2.31. The van der Waals surface area contributed by atoms with Crippen LogP contribution in [0.1, 0.15) is 132 Å². The van der Waals surface area contributed by atoms with Crippen LogP contribution in [-0.2, 0) is 14.3 Å². The Labute approximate surface area is 308 Å². The standard InChI is InChI=1S/C43H63NO6S/c1-27(2)29-17-23-43(22-16-28-12-10-11-13-31(28)51(44,48)49)25-24-41(8)30(36(29)43)14-15-33-40(7)20-19-34(50-35(45)26-38(3,4)37(46)47)39(5,6)32(40)18-21-42(33,41)9/h10-13,29-30,32-34,36,48-49H,1,14-15,17-21,23-26,44H2,2-9H3,(H,46,47)/t29-,30?,32?,33?,34-,36?,40-,41+,42+,43+/m0/s1. The largest absolute Gasteiger partial charge is 0.481 e. The molecular weight excluding hydrogens is 659 g/mol. The molecule has 5 aliphatic carbocycles. The summed E-state index contributed by atoms with van der Waals surface area (Å²) in [4.78, 5) is 25.1. The average molecular weight is 722 g/mol. The highest BCUT2D eigenvalue weighted by Crippen LogP contribution is 2.77. The highest BCUT2D eigenvalue weighted by Gasteiger charge is 2.71. The summed E-state index contributed by atoms with van der Waals surface area (Å²) in [6.07, 6.45) is 10.3. The summed E-state index contributed by atoms with van der Waals surface area (Å²) >= 11 is 0. The maximum absolute atomic E-state index is 13.1. The fourth-order valence-corrected chi connectivity index (χ4v) is 13.9. The Morgan fingerprint density at radius 3 is 2.27 bits per heavy atom. The SMILES string of the molecule is C=C(C)[C@@H]1CC[C@]2(C#Cc3ccccc3S(N)(O)O)CC[C@]3(C)C(CCC4[C@@]5(C)CC[C@H](OC(=O)CC(C)(C)C(=O)O)C(C)(C)C5CC[C@]43C)C12. The first-order valence-electron chi connectivity index (χ1n) is 19.3. The molecule has 0 amide bonds. The van der Waals surface area contributed by atoms with Gasteiger partial charge in [0.25, 0.3) is 0 Å². The molecule has 0 aliphatic heterocycles. The van der Waals surface area contributed by atoms with Crippen LogP contribution in [-0.4, -0.2) is 32.3 Å². The number of carboxylic acid groups (broad SMARTS) is 1. The zero-order valence-electron chi connectivity index (χ0n) is 32.3. The molecule has 5 N–H and O–H groups in total. The molecule has 0 heterocycles. The lowest BCUT2D eigenvalue weighted by Crippen LogP contribution is -2.66. The minimum Gasteiger partial charge on any atom is -0.481 e. The summed E-state index contributed by atoms with van der Waals surface area (Å²) < 4.78 is 26.9. The number of carbonyl (C=O) groups excluding carboxylic acids is 1. The Bertz CT molecular complexity index is 1650. The van der Waals surface area contributed by atoms with Crippen LogP contribution < -0.4 is 5.14 Å². The number of carbonyl (C=O) groups is 2.